The minimum absolute atomic E-state index is 0.412. The summed E-state index contributed by atoms with van der Waals surface area (Å²) >= 11 is 1.23. The van der Waals surface area contributed by atoms with Crippen LogP contribution in [-0.2, 0) is 0 Å². The van der Waals surface area contributed by atoms with Gasteiger partial charge in [-0.15, -0.1) is 5.10 Å². The summed E-state index contributed by atoms with van der Waals surface area (Å²) in [5.41, 5.74) is 7.75. The number of nitrogen functional groups attached to an aromatic ring is 1. The SMILES string of the molecule is Cc1cccc(Oc2nnc(N)s2)c1C. The van der Waals surface area contributed by atoms with Crippen LogP contribution in [0.2, 0.25) is 0 Å². The zero-order chi connectivity index (χ0) is 10.8. The first kappa shape index (κ1) is 9.92. The molecule has 0 spiro atoms. The molecule has 2 N–H and O–H groups in total. The fourth-order valence-corrected chi connectivity index (χ4v) is 1.66. The van der Waals surface area contributed by atoms with E-state index >= 15 is 0 Å². The van der Waals surface area contributed by atoms with Crippen LogP contribution in [-0.4, -0.2) is 10.2 Å². The van der Waals surface area contributed by atoms with Gasteiger partial charge >= 0.3 is 5.19 Å². The number of benzene rings is 1. The normalized spacial score (nSPS) is 10.3. The van der Waals surface area contributed by atoms with Crippen LogP contribution < -0.4 is 10.5 Å². The summed E-state index contributed by atoms with van der Waals surface area (Å²) in [5, 5.41) is 8.37. The molecule has 0 unspecified atom stereocenters. The molecule has 0 saturated heterocycles. The van der Waals surface area contributed by atoms with Gasteiger partial charge in [0, 0.05) is 0 Å². The van der Waals surface area contributed by atoms with Crippen molar-refractivity contribution in [2.75, 3.05) is 5.73 Å². The van der Waals surface area contributed by atoms with Gasteiger partial charge in [0.1, 0.15) is 5.75 Å². The Balaban J connectivity index is 2.28. The quantitative estimate of drug-likeness (QED) is 0.846. The number of anilines is 1. The molecule has 0 radical (unpaired) electrons. The predicted octanol–water partition coefficient (Wildman–Crippen LogP) is 2.53. The van der Waals surface area contributed by atoms with Crippen molar-refractivity contribution in [2.45, 2.75) is 13.8 Å². The van der Waals surface area contributed by atoms with Crippen LogP contribution in [0.15, 0.2) is 18.2 Å². The van der Waals surface area contributed by atoms with Gasteiger partial charge in [0.15, 0.2) is 0 Å². The Morgan fingerprint density at radius 2 is 2.07 bits per heavy atom. The molecule has 2 rings (SSSR count). The molecule has 0 fully saturated rings. The van der Waals surface area contributed by atoms with Crippen LogP contribution in [0, 0.1) is 13.8 Å². The van der Waals surface area contributed by atoms with Gasteiger partial charge in [-0.3, -0.25) is 0 Å². The third kappa shape index (κ3) is 2.07. The smallest absolute Gasteiger partial charge is 0.301 e. The molecular formula is C10H11N3OS. The zero-order valence-electron chi connectivity index (χ0n) is 8.52. The summed E-state index contributed by atoms with van der Waals surface area (Å²) in [6, 6.07) is 5.89. The second-order valence-corrected chi connectivity index (χ2v) is 4.18. The van der Waals surface area contributed by atoms with Gasteiger partial charge in [-0.2, -0.15) is 0 Å². The topological polar surface area (TPSA) is 61.0 Å². The van der Waals surface area contributed by atoms with E-state index in [1.165, 1.54) is 16.9 Å². The second-order valence-electron chi connectivity index (χ2n) is 3.21. The maximum atomic E-state index is 5.58. The molecule has 0 atom stereocenters. The third-order valence-electron chi connectivity index (χ3n) is 2.17. The molecule has 0 bridgehead atoms. The largest absolute Gasteiger partial charge is 0.429 e. The van der Waals surface area contributed by atoms with Gasteiger partial charge in [-0.1, -0.05) is 17.2 Å². The van der Waals surface area contributed by atoms with Gasteiger partial charge in [-0.25, -0.2) is 0 Å². The Bertz CT molecular complexity index is 481. The Hall–Kier alpha value is -1.62. The van der Waals surface area contributed by atoms with E-state index < -0.39 is 0 Å². The molecule has 1 heterocycles. The number of aromatic nitrogens is 2. The van der Waals surface area contributed by atoms with Gasteiger partial charge < -0.3 is 10.5 Å². The van der Waals surface area contributed by atoms with Crippen molar-refractivity contribution in [1.82, 2.24) is 10.2 Å². The lowest BCUT2D eigenvalue weighted by molar-refractivity contribution is 0.469. The molecule has 5 heteroatoms. The van der Waals surface area contributed by atoms with Crippen molar-refractivity contribution in [2.24, 2.45) is 0 Å². The van der Waals surface area contributed by atoms with E-state index in [4.69, 9.17) is 10.5 Å². The highest BCUT2D eigenvalue weighted by Gasteiger charge is 2.06. The maximum absolute atomic E-state index is 5.58. The van der Waals surface area contributed by atoms with Crippen LogP contribution in [0.4, 0.5) is 5.13 Å². The van der Waals surface area contributed by atoms with Gasteiger partial charge in [0.25, 0.3) is 0 Å². The van der Waals surface area contributed by atoms with E-state index in [2.05, 4.69) is 10.2 Å². The lowest BCUT2D eigenvalue weighted by Crippen LogP contribution is -1.89. The maximum Gasteiger partial charge on any atom is 0.301 e. The average molecular weight is 221 g/mol. The van der Waals surface area contributed by atoms with Crippen molar-refractivity contribution in [3.63, 3.8) is 0 Å². The fourth-order valence-electron chi connectivity index (χ4n) is 1.19. The van der Waals surface area contributed by atoms with Crippen LogP contribution in [0.1, 0.15) is 11.1 Å². The van der Waals surface area contributed by atoms with E-state index in [1.54, 1.807) is 0 Å². The molecule has 1 aromatic heterocycles. The van der Waals surface area contributed by atoms with Gasteiger partial charge in [0.05, 0.1) is 0 Å². The Kier molecular flexibility index (Phi) is 2.55. The van der Waals surface area contributed by atoms with Crippen molar-refractivity contribution < 1.29 is 4.74 Å². The van der Waals surface area contributed by atoms with Crippen molar-refractivity contribution >= 4 is 16.5 Å². The van der Waals surface area contributed by atoms with Gasteiger partial charge in [0.2, 0.25) is 5.13 Å². The Morgan fingerprint density at radius 3 is 2.73 bits per heavy atom. The number of hydrogen-bond acceptors (Lipinski definition) is 5. The number of nitrogens with zero attached hydrogens (tertiary/aromatic N) is 2. The first-order valence-corrected chi connectivity index (χ1v) is 5.31. The van der Waals surface area contributed by atoms with E-state index in [-0.39, 0.29) is 0 Å². The van der Waals surface area contributed by atoms with E-state index in [0.29, 0.717) is 10.3 Å². The Morgan fingerprint density at radius 1 is 1.27 bits per heavy atom. The first-order chi connectivity index (χ1) is 7.16. The summed E-state index contributed by atoms with van der Waals surface area (Å²) in [4.78, 5) is 0. The lowest BCUT2D eigenvalue weighted by Gasteiger charge is -2.06. The minimum Gasteiger partial charge on any atom is -0.429 e. The molecular weight excluding hydrogens is 210 g/mol. The van der Waals surface area contributed by atoms with Crippen molar-refractivity contribution in [3.8, 4) is 10.9 Å². The summed E-state index contributed by atoms with van der Waals surface area (Å²) in [7, 11) is 0. The summed E-state index contributed by atoms with van der Waals surface area (Å²) in [5.74, 6) is 0.797. The van der Waals surface area contributed by atoms with E-state index in [9.17, 15) is 0 Å². The third-order valence-corrected chi connectivity index (χ3v) is 2.80. The molecule has 0 aliphatic heterocycles. The van der Waals surface area contributed by atoms with Crippen molar-refractivity contribution in [1.29, 1.82) is 0 Å². The average Bonchev–Trinajstić information content (AvgIpc) is 2.59. The number of hydrogen-bond donors (Lipinski definition) is 1. The van der Waals surface area contributed by atoms with Crippen LogP contribution in [0.3, 0.4) is 0 Å². The fraction of sp³-hybridized carbons (Fsp3) is 0.200. The van der Waals surface area contributed by atoms with E-state index in [1.807, 2.05) is 32.0 Å². The number of ether oxygens (including phenoxy) is 1. The summed E-state index contributed by atoms with van der Waals surface area (Å²) in [6.45, 7) is 4.05. The molecule has 0 aliphatic carbocycles. The molecule has 15 heavy (non-hydrogen) atoms. The highest BCUT2D eigenvalue weighted by Crippen LogP contribution is 2.29. The monoisotopic (exact) mass is 221 g/mol. The highest BCUT2D eigenvalue weighted by molar-refractivity contribution is 7.16. The van der Waals surface area contributed by atoms with Crippen LogP contribution in [0.5, 0.6) is 10.9 Å². The summed E-state index contributed by atoms with van der Waals surface area (Å²) in [6.07, 6.45) is 0. The molecule has 0 amide bonds. The number of rotatable bonds is 2. The zero-order valence-corrected chi connectivity index (χ0v) is 9.34. The second kappa shape index (κ2) is 3.86. The van der Waals surface area contributed by atoms with Crippen LogP contribution in [0.25, 0.3) is 0 Å². The molecule has 2 aromatic rings. The summed E-state index contributed by atoms with van der Waals surface area (Å²) < 4.78 is 5.58. The number of nitrogens with two attached hydrogens (primary N) is 1. The number of aryl methyl sites for hydroxylation is 1. The minimum atomic E-state index is 0.412. The van der Waals surface area contributed by atoms with Crippen LogP contribution >= 0.6 is 11.3 Å². The first-order valence-electron chi connectivity index (χ1n) is 4.50. The molecule has 1 aromatic carbocycles. The molecule has 0 aliphatic rings. The highest BCUT2D eigenvalue weighted by atomic mass is 32.1. The predicted molar refractivity (Wildman–Crippen MR) is 60.3 cm³/mol. The molecule has 0 saturated carbocycles. The molecule has 78 valence electrons. The Labute approximate surface area is 91.7 Å². The standard InChI is InChI=1S/C10H11N3OS/c1-6-4-3-5-8(7(6)2)14-10-13-12-9(11)15-10/h3-5H,1-2H3,(H2,11,12). The molecule has 4 nitrogen and oxygen atoms in total. The van der Waals surface area contributed by atoms with Crippen molar-refractivity contribution in [3.05, 3.63) is 29.3 Å². The lowest BCUT2D eigenvalue weighted by atomic mass is 10.1. The van der Waals surface area contributed by atoms with Gasteiger partial charge in [-0.05, 0) is 42.4 Å². The van der Waals surface area contributed by atoms with E-state index in [0.717, 1.165) is 11.3 Å².